The highest BCUT2D eigenvalue weighted by Gasteiger charge is 2.02. The Kier molecular flexibility index (Phi) is 12.9. The topological polar surface area (TPSA) is 29.1 Å². The summed E-state index contributed by atoms with van der Waals surface area (Å²) in [6.07, 6.45) is 11.6. The van der Waals surface area contributed by atoms with Crippen LogP contribution in [0.15, 0.2) is 34.9 Å². The van der Waals surface area contributed by atoms with Crippen LogP contribution in [-0.4, -0.2) is 23.5 Å². The van der Waals surface area contributed by atoms with Crippen LogP contribution in [0.25, 0.3) is 0 Å². The summed E-state index contributed by atoms with van der Waals surface area (Å²) in [5.74, 6) is 2.04. The van der Waals surface area contributed by atoms with Crippen molar-refractivity contribution in [2.24, 2.45) is 0 Å². The predicted octanol–water partition coefficient (Wildman–Crippen LogP) is 5.66. The number of amides is 1. The van der Waals surface area contributed by atoms with E-state index < -0.39 is 0 Å². The van der Waals surface area contributed by atoms with Gasteiger partial charge in [0.05, 0.1) is 0 Å². The van der Waals surface area contributed by atoms with E-state index in [-0.39, 0.29) is 11.9 Å². The molecule has 1 atom stereocenters. The summed E-state index contributed by atoms with van der Waals surface area (Å²) in [5.41, 5.74) is 4.36. The molecule has 0 aromatic heterocycles. The number of thioether (sulfide) groups is 1. The van der Waals surface area contributed by atoms with Crippen molar-refractivity contribution in [1.29, 1.82) is 0 Å². The van der Waals surface area contributed by atoms with Crippen molar-refractivity contribution >= 4 is 17.7 Å². The van der Waals surface area contributed by atoms with Gasteiger partial charge in [0.1, 0.15) is 0 Å². The maximum absolute atomic E-state index is 10.9. The number of nitrogens with one attached hydrogen (secondary N) is 1. The Balaban J connectivity index is 3.85. The average molecular weight is 338 g/mol. The molecule has 0 aliphatic rings. The second kappa shape index (κ2) is 13.5. The third-order valence-corrected chi connectivity index (χ3v) is 4.63. The summed E-state index contributed by atoms with van der Waals surface area (Å²) in [6, 6.07) is 0.248. The zero-order valence-electron chi connectivity index (χ0n) is 15.9. The molecule has 2 nitrogen and oxygen atoms in total. The monoisotopic (exact) mass is 337 g/mol. The molecule has 0 radical (unpaired) electrons. The molecule has 0 saturated heterocycles. The van der Waals surface area contributed by atoms with Crippen LogP contribution in [0, 0.1) is 0 Å². The van der Waals surface area contributed by atoms with Gasteiger partial charge in [-0.25, -0.2) is 0 Å². The highest BCUT2D eigenvalue weighted by molar-refractivity contribution is 7.99. The number of rotatable bonds is 11. The minimum atomic E-state index is 0.0524. The molecule has 0 aliphatic heterocycles. The SMILES string of the molecule is CC(=O)NC(C)CSC/C=C(\C)CC/C=C(\C)CCC=C(C)C. The molecule has 3 heteroatoms. The maximum atomic E-state index is 10.9. The fourth-order valence-corrected chi connectivity index (χ4v) is 3.15. The molecule has 0 spiro atoms. The van der Waals surface area contributed by atoms with Crippen molar-refractivity contribution in [2.45, 2.75) is 73.3 Å². The van der Waals surface area contributed by atoms with Crippen LogP contribution in [-0.2, 0) is 4.79 Å². The van der Waals surface area contributed by atoms with E-state index in [0.29, 0.717) is 0 Å². The van der Waals surface area contributed by atoms with Crippen LogP contribution in [0.4, 0.5) is 0 Å². The number of hydrogen-bond acceptors (Lipinski definition) is 2. The molecule has 0 heterocycles. The zero-order chi connectivity index (χ0) is 17.7. The van der Waals surface area contributed by atoms with Gasteiger partial charge in [-0.1, -0.05) is 34.9 Å². The van der Waals surface area contributed by atoms with Crippen molar-refractivity contribution in [1.82, 2.24) is 5.32 Å². The van der Waals surface area contributed by atoms with E-state index in [0.717, 1.165) is 30.8 Å². The summed E-state index contributed by atoms with van der Waals surface area (Å²) in [6.45, 7) is 12.4. The van der Waals surface area contributed by atoms with Crippen molar-refractivity contribution in [3.05, 3.63) is 34.9 Å². The standard InChI is InChI=1S/C20H35NOS/c1-16(2)9-7-10-17(3)11-8-12-18(4)13-14-23-15-19(5)21-20(6)22/h9,11,13,19H,7-8,10,12,14-15H2,1-6H3,(H,21,22)/b17-11+,18-13+. The Labute approximate surface area is 147 Å². The van der Waals surface area contributed by atoms with E-state index in [2.05, 4.69) is 51.2 Å². The molecule has 0 bridgehead atoms. The van der Waals surface area contributed by atoms with Crippen LogP contribution in [0.3, 0.4) is 0 Å². The minimum Gasteiger partial charge on any atom is -0.353 e. The van der Waals surface area contributed by atoms with Crippen LogP contribution < -0.4 is 5.32 Å². The van der Waals surface area contributed by atoms with E-state index in [9.17, 15) is 4.79 Å². The van der Waals surface area contributed by atoms with Gasteiger partial charge in [0, 0.05) is 24.5 Å². The molecule has 0 fully saturated rings. The van der Waals surface area contributed by atoms with Gasteiger partial charge < -0.3 is 5.32 Å². The Morgan fingerprint density at radius 1 is 0.957 bits per heavy atom. The molecular formula is C20H35NOS. The average Bonchev–Trinajstić information content (AvgIpc) is 2.42. The van der Waals surface area contributed by atoms with Crippen LogP contribution >= 0.6 is 11.8 Å². The molecule has 0 aliphatic carbocycles. The lowest BCUT2D eigenvalue weighted by atomic mass is 10.1. The molecule has 1 amide bonds. The van der Waals surface area contributed by atoms with Gasteiger partial charge in [-0.3, -0.25) is 4.79 Å². The highest BCUT2D eigenvalue weighted by Crippen LogP contribution is 2.12. The highest BCUT2D eigenvalue weighted by atomic mass is 32.2. The third-order valence-electron chi connectivity index (χ3n) is 3.49. The van der Waals surface area contributed by atoms with Crippen molar-refractivity contribution in [3.8, 4) is 0 Å². The van der Waals surface area contributed by atoms with E-state index in [1.165, 1.54) is 23.1 Å². The van der Waals surface area contributed by atoms with E-state index in [1.54, 1.807) is 6.92 Å². The van der Waals surface area contributed by atoms with Gasteiger partial charge in [0.15, 0.2) is 0 Å². The number of carbonyl (C=O) groups excluding carboxylic acids is 1. The molecule has 0 aromatic carbocycles. The summed E-state index contributed by atoms with van der Waals surface area (Å²) >= 11 is 1.87. The largest absolute Gasteiger partial charge is 0.353 e. The van der Waals surface area contributed by atoms with Crippen molar-refractivity contribution in [2.75, 3.05) is 11.5 Å². The summed E-state index contributed by atoms with van der Waals surface area (Å²) in [4.78, 5) is 10.9. The zero-order valence-corrected chi connectivity index (χ0v) is 16.7. The Morgan fingerprint density at radius 2 is 1.52 bits per heavy atom. The lowest BCUT2D eigenvalue weighted by Gasteiger charge is -2.10. The predicted molar refractivity (Wildman–Crippen MR) is 106 cm³/mol. The molecule has 0 saturated carbocycles. The molecule has 132 valence electrons. The fraction of sp³-hybridized carbons (Fsp3) is 0.650. The summed E-state index contributed by atoms with van der Waals surface area (Å²) < 4.78 is 0. The number of carbonyl (C=O) groups is 1. The summed E-state index contributed by atoms with van der Waals surface area (Å²) in [5, 5.41) is 2.91. The van der Waals surface area contributed by atoms with Crippen molar-refractivity contribution < 1.29 is 4.79 Å². The Bertz CT molecular complexity index is 431. The van der Waals surface area contributed by atoms with E-state index in [1.807, 2.05) is 18.7 Å². The molecule has 1 unspecified atom stereocenters. The second-order valence-electron chi connectivity index (χ2n) is 6.60. The molecule has 0 rings (SSSR count). The molecule has 1 N–H and O–H groups in total. The maximum Gasteiger partial charge on any atom is 0.217 e. The van der Waals surface area contributed by atoms with Gasteiger partial charge in [-0.2, -0.15) is 11.8 Å². The van der Waals surface area contributed by atoms with Gasteiger partial charge in [0.2, 0.25) is 5.91 Å². The van der Waals surface area contributed by atoms with Crippen LogP contribution in [0.2, 0.25) is 0 Å². The lowest BCUT2D eigenvalue weighted by molar-refractivity contribution is -0.119. The number of hydrogen-bond donors (Lipinski definition) is 1. The quantitative estimate of drug-likeness (QED) is 0.389. The van der Waals surface area contributed by atoms with Crippen LogP contribution in [0.1, 0.15) is 67.2 Å². The van der Waals surface area contributed by atoms with Gasteiger partial charge in [0.25, 0.3) is 0 Å². The molecule has 23 heavy (non-hydrogen) atoms. The smallest absolute Gasteiger partial charge is 0.217 e. The van der Waals surface area contributed by atoms with Gasteiger partial charge in [-0.05, 0) is 60.3 Å². The third kappa shape index (κ3) is 15.7. The lowest BCUT2D eigenvalue weighted by Crippen LogP contribution is -2.32. The second-order valence-corrected chi connectivity index (χ2v) is 7.67. The van der Waals surface area contributed by atoms with E-state index in [4.69, 9.17) is 0 Å². The first-order chi connectivity index (χ1) is 10.8. The van der Waals surface area contributed by atoms with Crippen molar-refractivity contribution in [3.63, 3.8) is 0 Å². The Hall–Kier alpha value is -0.960. The van der Waals surface area contributed by atoms with E-state index >= 15 is 0 Å². The first-order valence-corrected chi connectivity index (χ1v) is 9.76. The first-order valence-electron chi connectivity index (χ1n) is 8.60. The van der Waals surface area contributed by atoms with Crippen LogP contribution in [0.5, 0.6) is 0 Å². The number of allylic oxidation sites excluding steroid dienone is 5. The first kappa shape index (κ1) is 22.0. The Morgan fingerprint density at radius 3 is 2.09 bits per heavy atom. The normalized spacial score (nSPS) is 13.7. The summed E-state index contributed by atoms with van der Waals surface area (Å²) in [7, 11) is 0. The molecular weight excluding hydrogens is 302 g/mol. The fourth-order valence-electron chi connectivity index (χ4n) is 2.17. The van der Waals surface area contributed by atoms with Gasteiger partial charge >= 0.3 is 0 Å². The minimum absolute atomic E-state index is 0.0524. The molecule has 0 aromatic rings. The van der Waals surface area contributed by atoms with Gasteiger partial charge in [-0.15, -0.1) is 0 Å².